The van der Waals surface area contributed by atoms with Crippen molar-refractivity contribution in [3.8, 4) is 0 Å². The quantitative estimate of drug-likeness (QED) is 0.0593. The van der Waals surface area contributed by atoms with Gasteiger partial charge in [0.25, 0.3) is 0 Å². The van der Waals surface area contributed by atoms with E-state index in [2.05, 4.69) is 13.8 Å². The Morgan fingerprint density at radius 2 is 0.474 bits per heavy atom. The van der Waals surface area contributed by atoms with Gasteiger partial charge in [0.05, 0.1) is 0 Å². The molecule has 0 N–H and O–H groups in total. The van der Waals surface area contributed by atoms with Crippen molar-refractivity contribution >= 4 is 8.56 Å². The second-order valence-corrected chi connectivity index (χ2v) is 16.0. The molecule has 0 atom stereocenters. The van der Waals surface area contributed by atoms with Gasteiger partial charge in [-0.1, -0.05) is 200 Å². The molecule has 0 spiro atoms. The van der Waals surface area contributed by atoms with E-state index in [9.17, 15) is 0 Å². The molecule has 0 aromatic rings. The molecule has 0 rings (SSSR count). The van der Waals surface area contributed by atoms with Gasteiger partial charge in [-0.15, -0.1) is 0 Å². The van der Waals surface area contributed by atoms with Crippen LogP contribution in [-0.4, -0.2) is 22.8 Å². The Kier molecular flexibility index (Phi) is 31.8. The molecule has 0 aliphatic heterocycles. The van der Waals surface area contributed by atoms with Crippen LogP contribution in [0.15, 0.2) is 0 Å². The summed E-state index contributed by atoms with van der Waals surface area (Å²) in [6.07, 6.45) is 41.3. The zero-order chi connectivity index (χ0) is 27.8. The predicted octanol–water partition coefficient (Wildman–Crippen LogP) is 13.1. The second-order valence-electron chi connectivity index (χ2n) is 12.4. The Morgan fingerprint density at radius 1 is 0.289 bits per heavy atom. The maximum absolute atomic E-state index is 6.03. The van der Waals surface area contributed by atoms with Crippen LogP contribution in [0, 0.1) is 0 Å². The van der Waals surface area contributed by atoms with Gasteiger partial charge in [0.1, 0.15) is 0 Å². The van der Waals surface area contributed by atoms with Gasteiger partial charge in [-0.25, -0.2) is 0 Å². The van der Waals surface area contributed by atoms with Gasteiger partial charge in [0.15, 0.2) is 0 Å². The Bertz CT molecular complexity index is 424. The summed E-state index contributed by atoms with van der Waals surface area (Å²) in [5, 5.41) is 0. The zero-order valence-corrected chi connectivity index (χ0v) is 28.2. The highest BCUT2D eigenvalue weighted by atomic mass is 28.4. The van der Waals surface area contributed by atoms with Crippen molar-refractivity contribution in [1.82, 2.24) is 0 Å². The lowest BCUT2D eigenvalue weighted by molar-refractivity contribution is 0.238. The average molecular weight is 555 g/mol. The van der Waals surface area contributed by atoms with Crippen molar-refractivity contribution in [3.05, 3.63) is 0 Å². The highest BCUT2D eigenvalue weighted by molar-refractivity contribution is 6.67. The van der Waals surface area contributed by atoms with Crippen LogP contribution in [0.25, 0.3) is 0 Å². The Labute approximate surface area is 243 Å². The summed E-state index contributed by atoms with van der Waals surface area (Å²) in [6.45, 7) is 4.60. The fraction of sp³-hybridized carbons (Fsp3) is 1.00. The van der Waals surface area contributed by atoms with Crippen LogP contribution >= 0.6 is 0 Å². The summed E-state index contributed by atoms with van der Waals surface area (Å²) in [5.74, 6) is 0. The summed E-state index contributed by atoms with van der Waals surface area (Å²) >= 11 is 0. The molecule has 0 aromatic heterocycles. The maximum Gasteiger partial charge on any atom is 0.337 e. The monoisotopic (exact) mass is 555 g/mol. The molecule has 3 heteroatoms. The molecule has 0 aliphatic carbocycles. The molecule has 0 bridgehead atoms. The van der Waals surface area contributed by atoms with E-state index in [1.165, 1.54) is 198 Å². The van der Waals surface area contributed by atoms with Crippen LogP contribution in [0.4, 0.5) is 0 Å². The largest absolute Gasteiger partial charge is 0.398 e. The first kappa shape index (κ1) is 38.1. The highest BCUT2D eigenvalue weighted by Crippen LogP contribution is 2.25. The first-order valence-electron chi connectivity index (χ1n) is 17.8. The van der Waals surface area contributed by atoms with Gasteiger partial charge in [0, 0.05) is 14.2 Å². The molecule has 38 heavy (non-hydrogen) atoms. The molecule has 230 valence electrons. The number of hydrogen-bond donors (Lipinski definition) is 0. The molecule has 0 saturated heterocycles. The minimum absolute atomic E-state index is 1.19. The van der Waals surface area contributed by atoms with Gasteiger partial charge in [-0.3, -0.25) is 0 Å². The Balaban J connectivity index is 3.51. The lowest BCUT2D eigenvalue weighted by Gasteiger charge is -2.27. The first-order chi connectivity index (χ1) is 18.7. The normalized spacial score (nSPS) is 12.0. The van der Waals surface area contributed by atoms with Crippen molar-refractivity contribution in [1.29, 1.82) is 0 Å². The van der Waals surface area contributed by atoms with Crippen molar-refractivity contribution in [2.24, 2.45) is 0 Å². The Morgan fingerprint density at radius 3 is 0.658 bits per heavy atom. The van der Waals surface area contributed by atoms with E-state index >= 15 is 0 Å². The van der Waals surface area contributed by atoms with E-state index < -0.39 is 8.56 Å². The number of rotatable bonds is 33. The van der Waals surface area contributed by atoms with Gasteiger partial charge < -0.3 is 8.85 Å². The van der Waals surface area contributed by atoms with Crippen LogP contribution < -0.4 is 0 Å². The van der Waals surface area contributed by atoms with Gasteiger partial charge >= 0.3 is 8.56 Å². The summed E-state index contributed by atoms with van der Waals surface area (Å²) in [6, 6.07) is 2.38. The minimum atomic E-state index is -1.95. The van der Waals surface area contributed by atoms with E-state index in [1.807, 2.05) is 14.2 Å². The molecule has 0 heterocycles. The molecule has 0 radical (unpaired) electrons. The van der Waals surface area contributed by atoms with Gasteiger partial charge in [0.2, 0.25) is 0 Å². The van der Waals surface area contributed by atoms with E-state index in [-0.39, 0.29) is 0 Å². The molecule has 0 amide bonds. The molecule has 0 fully saturated rings. The lowest BCUT2D eigenvalue weighted by Crippen LogP contribution is -2.39. The third-order valence-electron chi connectivity index (χ3n) is 8.82. The fourth-order valence-electron chi connectivity index (χ4n) is 5.97. The molecule has 2 nitrogen and oxygen atoms in total. The van der Waals surface area contributed by atoms with E-state index in [0.29, 0.717) is 0 Å². The molecule has 0 aliphatic rings. The van der Waals surface area contributed by atoms with Gasteiger partial charge in [-0.05, 0) is 12.1 Å². The standard InChI is InChI=1S/C35H74O2Si/c1-5-7-9-11-13-15-17-19-20-21-22-23-25-27-29-31-33-35-38(36-3,37-4)34-32-30-28-26-24-18-16-14-12-10-8-6-2/h5-35H2,1-4H3. The maximum atomic E-state index is 6.03. The smallest absolute Gasteiger partial charge is 0.337 e. The van der Waals surface area contributed by atoms with Crippen LogP contribution in [0.5, 0.6) is 0 Å². The van der Waals surface area contributed by atoms with Crippen LogP contribution in [0.2, 0.25) is 12.1 Å². The summed E-state index contributed by atoms with van der Waals surface area (Å²) in [5.41, 5.74) is 0. The molecule has 0 saturated carbocycles. The topological polar surface area (TPSA) is 18.5 Å². The zero-order valence-electron chi connectivity index (χ0n) is 27.2. The second kappa shape index (κ2) is 31.7. The van der Waals surface area contributed by atoms with Crippen molar-refractivity contribution in [2.75, 3.05) is 14.2 Å². The van der Waals surface area contributed by atoms with Crippen LogP contribution in [0.3, 0.4) is 0 Å². The third-order valence-corrected chi connectivity index (χ3v) is 12.5. The Hall–Kier alpha value is 0.137. The van der Waals surface area contributed by atoms with Crippen LogP contribution in [0.1, 0.15) is 200 Å². The summed E-state index contributed by atoms with van der Waals surface area (Å²) < 4.78 is 12.1. The van der Waals surface area contributed by atoms with E-state index in [4.69, 9.17) is 8.85 Å². The molecular weight excluding hydrogens is 480 g/mol. The number of unbranched alkanes of at least 4 members (excludes halogenated alkanes) is 27. The third kappa shape index (κ3) is 26.4. The average Bonchev–Trinajstić information content (AvgIpc) is 2.94. The van der Waals surface area contributed by atoms with Crippen LogP contribution in [-0.2, 0) is 8.85 Å². The van der Waals surface area contributed by atoms with E-state index in [0.717, 1.165) is 0 Å². The predicted molar refractivity (Wildman–Crippen MR) is 175 cm³/mol. The summed E-state index contributed by atoms with van der Waals surface area (Å²) in [4.78, 5) is 0. The molecule has 0 aromatic carbocycles. The van der Waals surface area contributed by atoms with Crippen molar-refractivity contribution in [3.63, 3.8) is 0 Å². The minimum Gasteiger partial charge on any atom is -0.398 e. The summed E-state index contributed by atoms with van der Waals surface area (Å²) in [7, 11) is 1.86. The van der Waals surface area contributed by atoms with Crippen molar-refractivity contribution in [2.45, 2.75) is 212 Å². The van der Waals surface area contributed by atoms with E-state index in [1.54, 1.807) is 0 Å². The molecule has 0 unspecified atom stereocenters. The SMILES string of the molecule is CCCCCCCCCCCCCCCCCCC[Si](CCCCCCCCCCCCCC)(OC)OC. The fourth-order valence-corrected chi connectivity index (χ4v) is 8.78. The van der Waals surface area contributed by atoms with Crippen molar-refractivity contribution < 1.29 is 8.85 Å². The molecular formula is C35H74O2Si. The number of hydrogen-bond acceptors (Lipinski definition) is 2. The first-order valence-corrected chi connectivity index (χ1v) is 20.1. The highest BCUT2D eigenvalue weighted by Gasteiger charge is 2.33. The lowest BCUT2D eigenvalue weighted by atomic mass is 10.0. The van der Waals surface area contributed by atoms with Gasteiger partial charge in [-0.2, -0.15) is 0 Å².